The summed E-state index contributed by atoms with van der Waals surface area (Å²) < 4.78 is 1.80. The molecule has 0 saturated heterocycles. The normalized spacial score (nSPS) is 11.0. The lowest BCUT2D eigenvalue weighted by Gasteiger charge is -2.08. The Morgan fingerprint density at radius 2 is 1.85 bits per heavy atom. The SMILES string of the molecule is Cc1nn(C(C)C)c(C)c1B(O)O. The second-order valence-electron chi connectivity index (χ2n) is 3.50. The number of aryl methyl sites for hydroxylation is 1. The van der Waals surface area contributed by atoms with Crippen LogP contribution in [0.1, 0.15) is 31.3 Å². The van der Waals surface area contributed by atoms with E-state index in [4.69, 9.17) is 10.0 Å². The molecular formula is C8H15BN2O2. The maximum Gasteiger partial charge on any atom is 0.492 e. The minimum absolute atomic E-state index is 0.242. The summed E-state index contributed by atoms with van der Waals surface area (Å²) in [5.74, 6) is 0. The van der Waals surface area contributed by atoms with Gasteiger partial charge in [0.2, 0.25) is 0 Å². The molecule has 0 saturated carbocycles. The molecule has 5 heteroatoms. The molecule has 0 spiro atoms. The van der Waals surface area contributed by atoms with Gasteiger partial charge in [0.15, 0.2) is 0 Å². The number of hydrogen-bond donors (Lipinski definition) is 2. The monoisotopic (exact) mass is 182 g/mol. The van der Waals surface area contributed by atoms with Crippen LogP contribution >= 0.6 is 0 Å². The predicted octanol–water partition coefficient (Wildman–Crippen LogP) is -0.239. The van der Waals surface area contributed by atoms with Crippen LogP contribution in [0.2, 0.25) is 0 Å². The molecule has 1 aromatic rings. The molecule has 0 aliphatic rings. The van der Waals surface area contributed by atoms with Crippen LogP contribution in [-0.4, -0.2) is 26.9 Å². The fraction of sp³-hybridized carbons (Fsp3) is 0.625. The molecule has 1 aromatic heterocycles. The van der Waals surface area contributed by atoms with Gasteiger partial charge < -0.3 is 10.0 Å². The first-order valence-electron chi connectivity index (χ1n) is 4.37. The van der Waals surface area contributed by atoms with E-state index in [-0.39, 0.29) is 6.04 Å². The predicted molar refractivity (Wildman–Crippen MR) is 51.9 cm³/mol. The first kappa shape index (κ1) is 10.3. The fourth-order valence-corrected chi connectivity index (χ4v) is 1.55. The van der Waals surface area contributed by atoms with Crippen molar-refractivity contribution in [1.82, 2.24) is 9.78 Å². The van der Waals surface area contributed by atoms with Crippen molar-refractivity contribution in [2.45, 2.75) is 33.7 Å². The van der Waals surface area contributed by atoms with Crippen molar-refractivity contribution in [3.63, 3.8) is 0 Å². The van der Waals surface area contributed by atoms with E-state index in [2.05, 4.69) is 5.10 Å². The molecule has 0 radical (unpaired) electrons. The summed E-state index contributed by atoms with van der Waals surface area (Å²) in [6, 6.07) is 0.242. The Morgan fingerprint density at radius 3 is 2.08 bits per heavy atom. The van der Waals surface area contributed by atoms with Gasteiger partial charge in [0, 0.05) is 17.2 Å². The summed E-state index contributed by atoms with van der Waals surface area (Å²) in [6.45, 7) is 7.63. The molecule has 13 heavy (non-hydrogen) atoms. The van der Waals surface area contributed by atoms with E-state index in [1.165, 1.54) is 0 Å². The van der Waals surface area contributed by atoms with E-state index < -0.39 is 7.12 Å². The van der Waals surface area contributed by atoms with Crippen LogP contribution in [0.4, 0.5) is 0 Å². The summed E-state index contributed by atoms with van der Waals surface area (Å²) in [5, 5.41) is 22.4. The largest absolute Gasteiger partial charge is 0.492 e. The molecule has 1 heterocycles. The smallest absolute Gasteiger partial charge is 0.423 e. The molecule has 0 bridgehead atoms. The van der Waals surface area contributed by atoms with E-state index in [1.54, 1.807) is 11.6 Å². The molecule has 0 amide bonds. The molecule has 0 unspecified atom stereocenters. The lowest BCUT2D eigenvalue weighted by molar-refractivity contribution is 0.425. The Kier molecular flexibility index (Phi) is 2.78. The maximum absolute atomic E-state index is 9.08. The average Bonchev–Trinajstić information content (AvgIpc) is 2.26. The quantitative estimate of drug-likeness (QED) is 0.620. The van der Waals surface area contributed by atoms with Gasteiger partial charge >= 0.3 is 7.12 Å². The zero-order chi connectivity index (χ0) is 10.2. The molecule has 1 rings (SSSR count). The summed E-state index contributed by atoms with van der Waals surface area (Å²) >= 11 is 0. The topological polar surface area (TPSA) is 58.3 Å². The maximum atomic E-state index is 9.08. The van der Waals surface area contributed by atoms with Crippen LogP contribution in [0.25, 0.3) is 0 Å². The van der Waals surface area contributed by atoms with Crippen LogP contribution < -0.4 is 5.46 Å². The Hall–Kier alpha value is -0.805. The van der Waals surface area contributed by atoms with Crippen molar-refractivity contribution in [3.8, 4) is 0 Å². The number of nitrogens with zero attached hydrogens (tertiary/aromatic N) is 2. The highest BCUT2D eigenvalue weighted by Crippen LogP contribution is 2.07. The molecule has 0 aliphatic carbocycles. The molecular weight excluding hydrogens is 167 g/mol. The summed E-state index contributed by atoms with van der Waals surface area (Å²) in [6.07, 6.45) is 0. The van der Waals surface area contributed by atoms with E-state index in [0.717, 1.165) is 5.69 Å². The average molecular weight is 182 g/mol. The molecule has 2 N–H and O–H groups in total. The Labute approximate surface area is 78.3 Å². The second-order valence-corrected chi connectivity index (χ2v) is 3.50. The Morgan fingerprint density at radius 1 is 1.31 bits per heavy atom. The molecule has 0 atom stereocenters. The second kappa shape index (κ2) is 3.51. The highest BCUT2D eigenvalue weighted by Gasteiger charge is 2.22. The molecule has 72 valence electrons. The lowest BCUT2D eigenvalue weighted by Crippen LogP contribution is -2.33. The highest BCUT2D eigenvalue weighted by atomic mass is 16.4. The summed E-state index contributed by atoms with van der Waals surface area (Å²) in [4.78, 5) is 0. The van der Waals surface area contributed by atoms with Crippen molar-refractivity contribution >= 4 is 12.6 Å². The molecule has 0 aliphatic heterocycles. The van der Waals surface area contributed by atoms with Gasteiger partial charge in [-0.25, -0.2) is 0 Å². The van der Waals surface area contributed by atoms with E-state index in [0.29, 0.717) is 11.2 Å². The first-order valence-corrected chi connectivity index (χ1v) is 4.37. The van der Waals surface area contributed by atoms with Gasteiger partial charge in [-0.05, 0) is 27.7 Å². The van der Waals surface area contributed by atoms with Gasteiger partial charge in [-0.1, -0.05) is 0 Å². The number of hydrogen-bond acceptors (Lipinski definition) is 3. The fourth-order valence-electron chi connectivity index (χ4n) is 1.55. The third-order valence-electron chi connectivity index (χ3n) is 2.13. The standard InChI is InChI=1S/C8H15BN2O2/c1-5(2)11-7(4)8(9(12)13)6(3)10-11/h5,12-13H,1-4H3. The minimum Gasteiger partial charge on any atom is -0.423 e. The van der Waals surface area contributed by atoms with Crippen LogP contribution in [0, 0.1) is 13.8 Å². The molecule has 0 fully saturated rings. The molecule has 0 aromatic carbocycles. The van der Waals surface area contributed by atoms with Crippen LogP contribution in [0.3, 0.4) is 0 Å². The number of aromatic nitrogens is 2. The number of rotatable bonds is 2. The van der Waals surface area contributed by atoms with Gasteiger partial charge in [0.25, 0.3) is 0 Å². The van der Waals surface area contributed by atoms with Gasteiger partial charge in [0.05, 0.1) is 5.69 Å². The van der Waals surface area contributed by atoms with Crippen LogP contribution in [0.5, 0.6) is 0 Å². The van der Waals surface area contributed by atoms with Gasteiger partial charge in [-0.3, -0.25) is 4.68 Å². The Bertz CT molecular complexity index is 307. The van der Waals surface area contributed by atoms with Crippen molar-refractivity contribution in [3.05, 3.63) is 11.4 Å². The van der Waals surface area contributed by atoms with Crippen molar-refractivity contribution in [2.75, 3.05) is 0 Å². The van der Waals surface area contributed by atoms with Gasteiger partial charge in [-0.15, -0.1) is 0 Å². The van der Waals surface area contributed by atoms with E-state index in [9.17, 15) is 0 Å². The van der Waals surface area contributed by atoms with Crippen LogP contribution in [-0.2, 0) is 0 Å². The van der Waals surface area contributed by atoms with Gasteiger partial charge in [0.1, 0.15) is 0 Å². The zero-order valence-electron chi connectivity index (χ0n) is 8.44. The van der Waals surface area contributed by atoms with Crippen molar-refractivity contribution < 1.29 is 10.0 Å². The third kappa shape index (κ3) is 1.76. The first-order chi connectivity index (χ1) is 5.95. The summed E-state index contributed by atoms with van der Waals surface area (Å²) in [5.41, 5.74) is 2.03. The lowest BCUT2D eigenvalue weighted by atomic mass is 9.78. The van der Waals surface area contributed by atoms with Gasteiger partial charge in [-0.2, -0.15) is 5.10 Å². The minimum atomic E-state index is -1.42. The van der Waals surface area contributed by atoms with E-state index in [1.807, 2.05) is 20.8 Å². The zero-order valence-corrected chi connectivity index (χ0v) is 8.44. The third-order valence-corrected chi connectivity index (χ3v) is 2.13. The van der Waals surface area contributed by atoms with Crippen molar-refractivity contribution in [1.29, 1.82) is 0 Å². The van der Waals surface area contributed by atoms with Crippen molar-refractivity contribution in [2.24, 2.45) is 0 Å². The summed E-state index contributed by atoms with van der Waals surface area (Å²) in [7, 11) is -1.42. The molecule has 4 nitrogen and oxygen atoms in total. The van der Waals surface area contributed by atoms with E-state index >= 15 is 0 Å². The van der Waals surface area contributed by atoms with Crippen LogP contribution in [0.15, 0.2) is 0 Å². The highest BCUT2D eigenvalue weighted by molar-refractivity contribution is 6.59. The Balaban J connectivity index is 3.22.